The van der Waals surface area contributed by atoms with Gasteiger partial charge in [-0.3, -0.25) is 4.98 Å². The molecule has 0 aliphatic rings. The minimum atomic E-state index is 0.254. The van der Waals surface area contributed by atoms with E-state index in [1.807, 2.05) is 24.4 Å². The van der Waals surface area contributed by atoms with Gasteiger partial charge in [-0.2, -0.15) is 0 Å². The lowest BCUT2D eigenvalue weighted by atomic mass is 10.3. The van der Waals surface area contributed by atoms with Gasteiger partial charge >= 0.3 is 0 Å². The van der Waals surface area contributed by atoms with Crippen LogP contribution in [0.4, 0.5) is 0 Å². The molecule has 0 radical (unpaired) electrons. The highest BCUT2D eigenvalue weighted by atomic mass is 32.2. The highest BCUT2D eigenvalue weighted by Gasteiger charge is 2.12. The molecule has 0 aliphatic carbocycles. The SMILES string of the molecule is NCC(Sc1cccs1)c1ccccn1. The van der Waals surface area contributed by atoms with Crippen molar-refractivity contribution >= 4 is 23.1 Å². The third-order valence-electron chi connectivity index (χ3n) is 1.99. The fourth-order valence-electron chi connectivity index (χ4n) is 1.27. The molecule has 0 aromatic carbocycles. The highest BCUT2D eigenvalue weighted by molar-refractivity contribution is 8.01. The Bertz CT molecular complexity index is 386. The molecule has 0 spiro atoms. The van der Waals surface area contributed by atoms with Gasteiger partial charge in [-0.15, -0.1) is 23.1 Å². The first-order valence-electron chi connectivity index (χ1n) is 4.71. The van der Waals surface area contributed by atoms with E-state index in [1.54, 1.807) is 23.1 Å². The summed E-state index contributed by atoms with van der Waals surface area (Å²) in [6.07, 6.45) is 1.81. The first-order valence-corrected chi connectivity index (χ1v) is 6.47. The normalized spacial score (nSPS) is 12.6. The number of aromatic nitrogens is 1. The van der Waals surface area contributed by atoms with Gasteiger partial charge in [-0.1, -0.05) is 12.1 Å². The summed E-state index contributed by atoms with van der Waals surface area (Å²) >= 11 is 3.52. The van der Waals surface area contributed by atoms with Crippen LogP contribution in [0.5, 0.6) is 0 Å². The molecule has 0 aliphatic heterocycles. The van der Waals surface area contributed by atoms with Crippen LogP contribution in [-0.4, -0.2) is 11.5 Å². The van der Waals surface area contributed by atoms with Crippen molar-refractivity contribution in [2.45, 2.75) is 9.46 Å². The minimum Gasteiger partial charge on any atom is -0.329 e. The lowest BCUT2D eigenvalue weighted by Gasteiger charge is -2.11. The molecule has 15 heavy (non-hydrogen) atoms. The summed E-state index contributed by atoms with van der Waals surface area (Å²) < 4.78 is 1.29. The Morgan fingerprint density at radius 1 is 1.33 bits per heavy atom. The fourth-order valence-corrected chi connectivity index (χ4v) is 3.25. The maximum absolute atomic E-state index is 5.77. The molecule has 2 N–H and O–H groups in total. The lowest BCUT2D eigenvalue weighted by Crippen LogP contribution is -2.10. The summed E-state index contributed by atoms with van der Waals surface area (Å²) in [5.41, 5.74) is 6.82. The number of pyridine rings is 1. The Kier molecular flexibility index (Phi) is 3.77. The fraction of sp³-hybridized carbons (Fsp3) is 0.182. The van der Waals surface area contributed by atoms with Gasteiger partial charge in [0, 0.05) is 12.7 Å². The van der Waals surface area contributed by atoms with Gasteiger partial charge < -0.3 is 5.73 Å². The molecule has 0 amide bonds. The van der Waals surface area contributed by atoms with Gasteiger partial charge in [0.2, 0.25) is 0 Å². The van der Waals surface area contributed by atoms with E-state index in [2.05, 4.69) is 22.5 Å². The van der Waals surface area contributed by atoms with Gasteiger partial charge in [0.15, 0.2) is 0 Å². The van der Waals surface area contributed by atoms with Crippen LogP contribution >= 0.6 is 23.1 Å². The van der Waals surface area contributed by atoms with Crippen molar-refractivity contribution in [3.8, 4) is 0 Å². The number of nitrogens with zero attached hydrogens (tertiary/aromatic N) is 1. The first-order chi connectivity index (χ1) is 7.40. The van der Waals surface area contributed by atoms with E-state index >= 15 is 0 Å². The van der Waals surface area contributed by atoms with Crippen LogP contribution < -0.4 is 5.73 Å². The van der Waals surface area contributed by atoms with E-state index in [9.17, 15) is 0 Å². The molecule has 1 atom stereocenters. The zero-order chi connectivity index (χ0) is 10.5. The quantitative estimate of drug-likeness (QED) is 0.830. The number of nitrogens with two attached hydrogens (primary N) is 1. The average Bonchev–Trinajstić information content (AvgIpc) is 2.80. The Hall–Kier alpha value is -0.840. The Morgan fingerprint density at radius 3 is 2.87 bits per heavy atom. The summed E-state index contributed by atoms with van der Waals surface area (Å²) in [6.45, 7) is 0.611. The van der Waals surface area contributed by atoms with E-state index < -0.39 is 0 Å². The van der Waals surface area contributed by atoms with Crippen LogP contribution in [0.1, 0.15) is 10.9 Å². The van der Waals surface area contributed by atoms with E-state index in [4.69, 9.17) is 5.73 Å². The van der Waals surface area contributed by atoms with Crippen molar-refractivity contribution in [1.82, 2.24) is 4.98 Å². The van der Waals surface area contributed by atoms with Crippen molar-refractivity contribution in [2.75, 3.05) is 6.54 Å². The van der Waals surface area contributed by atoms with Crippen LogP contribution in [0.25, 0.3) is 0 Å². The number of thiophene rings is 1. The topological polar surface area (TPSA) is 38.9 Å². The summed E-state index contributed by atoms with van der Waals surface area (Å²) in [4.78, 5) is 4.33. The second-order valence-corrected chi connectivity index (χ2v) is 5.48. The Morgan fingerprint density at radius 2 is 2.27 bits per heavy atom. The molecule has 2 nitrogen and oxygen atoms in total. The maximum atomic E-state index is 5.77. The smallest absolute Gasteiger partial charge is 0.0647 e. The number of rotatable bonds is 4. The zero-order valence-electron chi connectivity index (χ0n) is 8.17. The van der Waals surface area contributed by atoms with E-state index in [1.165, 1.54) is 4.21 Å². The summed E-state index contributed by atoms with van der Waals surface area (Å²) in [5, 5.41) is 2.33. The minimum absolute atomic E-state index is 0.254. The second-order valence-electron chi connectivity index (χ2n) is 3.03. The van der Waals surface area contributed by atoms with E-state index in [0.717, 1.165) is 5.69 Å². The standard InChI is InChI=1S/C11H12N2S2/c12-8-10(9-4-1-2-6-13-9)15-11-5-3-7-14-11/h1-7,10H,8,12H2. The van der Waals surface area contributed by atoms with Gasteiger partial charge in [0.1, 0.15) is 0 Å². The van der Waals surface area contributed by atoms with Gasteiger partial charge in [0.05, 0.1) is 15.2 Å². The van der Waals surface area contributed by atoms with Crippen LogP contribution in [-0.2, 0) is 0 Å². The van der Waals surface area contributed by atoms with Crippen LogP contribution in [0, 0.1) is 0 Å². The third kappa shape index (κ3) is 2.81. The maximum Gasteiger partial charge on any atom is 0.0647 e. The molecule has 0 bridgehead atoms. The summed E-state index contributed by atoms with van der Waals surface area (Å²) in [7, 11) is 0. The summed E-state index contributed by atoms with van der Waals surface area (Å²) in [6, 6.07) is 10.1. The predicted molar refractivity (Wildman–Crippen MR) is 66.2 cm³/mol. The van der Waals surface area contributed by atoms with Gasteiger partial charge in [-0.25, -0.2) is 0 Å². The Balaban J connectivity index is 2.12. The van der Waals surface area contributed by atoms with Crippen LogP contribution in [0.2, 0.25) is 0 Å². The molecular formula is C11H12N2S2. The largest absolute Gasteiger partial charge is 0.329 e. The molecule has 0 fully saturated rings. The number of thioether (sulfide) groups is 1. The van der Waals surface area contributed by atoms with Crippen molar-refractivity contribution in [1.29, 1.82) is 0 Å². The van der Waals surface area contributed by atoms with Crippen molar-refractivity contribution in [3.05, 3.63) is 47.6 Å². The van der Waals surface area contributed by atoms with E-state index in [-0.39, 0.29) is 5.25 Å². The lowest BCUT2D eigenvalue weighted by molar-refractivity contribution is 0.899. The Labute approximate surface area is 97.5 Å². The molecular weight excluding hydrogens is 224 g/mol. The molecule has 0 saturated carbocycles. The van der Waals surface area contributed by atoms with Crippen molar-refractivity contribution < 1.29 is 0 Å². The molecule has 78 valence electrons. The van der Waals surface area contributed by atoms with Gasteiger partial charge in [0.25, 0.3) is 0 Å². The predicted octanol–water partition coefficient (Wildman–Crippen LogP) is 2.94. The highest BCUT2D eigenvalue weighted by Crippen LogP contribution is 2.35. The summed E-state index contributed by atoms with van der Waals surface area (Å²) in [5.74, 6) is 0. The molecule has 0 saturated heterocycles. The van der Waals surface area contributed by atoms with E-state index in [0.29, 0.717) is 6.54 Å². The third-order valence-corrected chi connectivity index (χ3v) is 4.31. The second kappa shape index (κ2) is 5.30. The first kappa shape index (κ1) is 10.7. The molecule has 2 aromatic rings. The molecule has 1 unspecified atom stereocenters. The van der Waals surface area contributed by atoms with Crippen molar-refractivity contribution in [3.63, 3.8) is 0 Å². The van der Waals surface area contributed by atoms with Crippen LogP contribution in [0.3, 0.4) is 0 Å². The van der Waals surface area contributed by atoms with Crippen LogP contribution in [0.15, 0.2) is 46.1 Å². The molecule has 4 heteroatoms. The average molecular weight is 236 g/mol. The van der Waals surface area contributed by atoms with Crippen molar-refractivity contribution in [2.24, 2.45) is 5.73 Å². The zero-order valence-corrected chi connectivity index (χ0v) is 9.80. The van der Waals surface area contributed by atoms with Gasteiger partial charge in [-0.05, 0) is 23.6 Å². The molecule has 2 heterocycles. The number of hydrogen-bond donors (Lipinski definition) is 1. The number of hydrogen-bond acceptors (Lipinski definition) is 4. The molecule has 2 aromatic heterocycles. The monoisotopic (exact) mass is 236 g/mol. The molecule has 2 rings (SSSR count).